The van der Waals surface area contributed by atoms with E-state index in [1.165, 1.54) is 18.1 Å². The lowest BCUT2D eigenvalue weighted by molar-refractivity contribution is -0.139. The van der Waals surface area contributed by atoms with E-state index in [2.05, 4.69) is 15.9 Å². The molecule has 0 aromatic heterocycles. The number of methoxy groups -OCH3 is 3. The summed E-state index contributed by atoms with van der Waals surface area (Å²) in [5.41, 5.74) is 1.75. The van der Waals surface area contributed by atoms with Crippen molar-refractivity contribution in [2.45, 2.75) is 12.5 Å². The van der Waals surface area contributed by atoms with E-state index < -0.39 is 17.7 Å². The summed E-state index contributed by atoms with van der Waals surface area (Å²) in [6.07, 6.45) is 0.414. The molecule has 0 bridgehead atoms. The smallest absolute Gasteiger partial charge is 0.295 e. The number of Topliss-reactive ketones (excluding diaryl/α,β-unsaturated/α-hetero) is 1. The van der Waals surface area contributed by atoms with Gasteiger partial charge in [-0.25, -0.2) is 0 Å². The van der Waals surface area contributed by atoms with Crippen molar-refractivity contribution in [1.82, 2.24) is 4.90 Å². The Bertz CT molecular complexity index is 1370. The molecule has 0 radical (unpaired) electrons. The molecule has 9 heteroatoms. The normalized spacial score (nSPS) is 16.6. The standard InChI is InChI=1S/C28H26BrNO7/c1-35-21-11-4-16(14-23(21)37-3)12-13-30-25(18-7-10-20(31)22(15-18)36-2)24(27(33)28(30)34)26(32)17-5-8-19(29)9-6-17/h4-11,14-15,25,31-32H,12-13H2,1-3H3. The second-order valence-corrected chi connectivity index (χ2v) is 9.29. The molecule has 1 unspecified atom stereocenters. The summed E-state index contributed by atoms with van der Waals surface area (Å²) in [6, 6.07) is 15.9. The van der Waals surface area contributed by atoms with E-state index in [-0.39, 0.29) is 29.4 Å². The molecule has 2 N–H and O–H groups in total. The van der Waals surface area contributed by atoms with Crippen LogP contribution in [0.25, 0.3) is 5.76 Å². The van der Waals surface area contributed by atoms with Crippen LogP contribution in [0.2, 0.25) is 0 Å². The van der Waals surface area contributed by atoms with Gasteiger partial charge in [0.15, 0.2) is 23.0 Å². The van der Waals surface area contributed by atoms with Crippen LogP contribution in [0.4, 0.5) is 0 Å². The van der Waals surface area contributed by atoms with Crippen LogP contribution in [0.3, 0.4) is 0 Å². The van der Waals surface area contributed by atoms with Gasteiger partial charge in [-0.2, -0.15) is 0 Å². The number of carbonyl (C=O) groups is 2. The lowest BCUT2D eigenvalue weighted by atomic mass is 9.95. The largest absolute Gasteiger partial charge is 0.507 e. The zero-order valence-electron chi connectivity index (χ0n) is 20.5. The number of phenols is 1. The Hall–Kier alpha value is -3.98. The highest BCUT2D eigenvalue weighted by molar-refractivity contribution is 9.10. The predicted octanol–water partition coefficient (Wildman–Crippen LogP) is 4.84. The first kappa shape index (κ1) is 26.1. The number of aliphatic hydroxyl groups excluding tert-OH is 1. The molecule has 3 aromatic carbocycles. The number of ether oxygens (including phenoxy) is 3. The first-order valence-electron chi connectivity index (χ1n) is 11.4. The van der Waals surface area contributed by atoms with Gasteiger partial charge < -0.3 is 29.3 Å². The first-order valence-corrected chi connectivity index (χ1v) is 12.2. The SMILES string of the molecule is COc1cc(C2C(=C(O)c3ccc(Br)cc3)C(=O)C(=O)N2CCc2ccc(OC)c(OC)c2)ccc1O. The van der Waals surface area contributed by atoms with E-state index in [0.29, 0.717) is 29.0 Å². The summed E-state index contributed by atoms with van der Waals surface area (Å²) in [5.74, 6) is -0.556. The fourth-order valence-electron chi connectivity index (χ4n) is 4.37. The van der Waals surface area contributed by atoms with Crippen molar-refractivity contribution in [2.75, 3.05) is 27.9 Å². The maximum atomic E-state index is 13.3. The number of carbonyl (C=O) groups excluding carboxylic acids is 2. The highest BCUT2D eigenvalue weighted by Crippen LogP contribution is 2.42. The molecule has 1 atom stereocenters. The number of hydrogen-bond donors (Lipinski definition) is 2. The van der Waals surface area contributed by atoms with Gasteiger partial charge in [-0.05, 0) is 53.9 Å². The van der Waals surface area contributed by atoms with Gasteiger partial charge in [0.25, 0.3) is 11.7 Å². The third kappa shape index (κ3) is 5.13. The molecular formula is C28H26BrNO7. The van der Waals surface area contributed by atoms with Crippen molar-refractivity contribution in [3.05, 3.63) is 87.4 Å². The minimum absolute atomic E-state index is 0.0348. The fraction of sp³-hybridized carbons (Fsp3) is 0.214. The minimum Gasteiger partial charge on any atom is -0.507 e. The zero-order chi connectivity index (χ0) is 26.7. The Kier molecular flexibility index (Phi) is 7.73. The summed E-state index contributed by atoms with van der Waals surface area (Å²) in [6.45, 7) is 0.186. The molecule has 1 saturated heterocycles. The maximum absolute atomic E-state index is 13.3. The Morgan fingerprint density at radius 3 is 2.22 bits per heavy atom. The fourth-order valence-corrected chi connectivity index (χ4v) is 4.63. The summed E-state index contributed by atoms with van der Waals surface area (Å²) >= 11 is 3.36. The number of likely N-dealkylation sites (tertiary alicyclic amines) is 1. The average molecular weight is 568 g/mol. The molecule has 8 nitrogen and oxygen atoms in total. The Morgan fingerprint density at radius 2 is 1.57 bits per heavy atom. The van der Waals surface area contributed by atoms with Crippen molar-refractivity contribution < 1.29 is 34.0 Å². The van der Waals surface area contributed by atoms with Gasteiger partial charge in [0.2, 0.25) is 0 Å². The van der Waals surface area contributed by atoms with E-state index in [1.807, 2.05) is 12.1 Å². The molecule has 37 heavy (non-hydrogen) atoms. The Labute approximate surface area is 222 Å². The summed E-state index contributed by atoms with van der Waals surface area (Å²) in [7, 11) is 4.50. The lowest BCUT2D eigenvalue weighted by Gasteiger charge is -2.26. The molecule has 4 rings (SSSR count). The average Bonchev–Trinajstić information content (AvgIpc) is 3.16. The van der Waals surface area contributed by atoms with Gasteiger partial charge in [-0.3, -0.25) is 9.59 Å². The quantitative estimate of drug-likeness (QED) is 0.228. The lowest BCUT2D eigenvalue weighted by Crippen LogP contribution is -2.31. The summed E-state index contributed by atoms with van der Waals surface area (Å²) in [5, 5.41) is 21.3. The first-order chi connectivity index (χ1) is 17.8. The topological polar surface area (TPSA) is 106 Å². The number of amides is 1. The molecule has 1 aliphatic heterocycles. The number of halogens is 1. The van der Waals surface area contributed by atoms with Crippen LogP contribution < -0.4 is 14.2 Å². The number of rotatable bonds is 8. The molecule has 1 fully saturated rings. The minimum atomic E-state index is -0.890. The van der Waals surface area contributed by atoms with Crippen molar-refractivity contribution in [1.29, 1.82) is 0 Å². The van der Waals surface area contributed by atoms with Crippen molar-refractivity contribution in [2.24, 2.45) is 0 Å². The van der Waals surface area contributed by atoms with E-state index in [4.69, 9.17) is 14.2 Å². The van der Waals surface area contributed by atoms with Crippen molar-refractivity contribution in [3.63, 3.8) is 0 Å². The number of phenolic OH excluding ortho intramolecular Hbond substituents is 1. The van der Waals surface area contributed by atoms with E-state index in [0.717, 1.165) is 10.0 Å². The number of hydrogen-bond acceptors (Lipinski definition) is 7. The third-order valence-corrected chi connectivity index (χ3v) is 6.80. The highest BCUT2D eigenvalue weighted by Gasteiger charge is 2.46. The van der Waals surface area contributed by atoms with Gasteiger partial charge in [0.05, 0.1) is 32.9 Å². The third-order valence-electron chi connectivity index (χ3n) is 6.27. The predicted molar refractivity (Wildman–Crippen MR) is 141 cm³/mol. The van der Waals surface area contributed by atoms with Crippen LogP contribution in [0.15, 0.2) is 70.7 Å². The van der Waals surface area contributed by atoms with Gasteiger partial charge in [-0.15, -0.1) is 0 Å². The molecule has 1 amide bonds. The molecular weight excluding hydrogens is 542 g/mol. The van der Waals surface area contributed by atoms with Gasteiger partial charge >= 0.3 is 0 Å². The monoisotopic (exact) mass is 567 g/mol. The van der Waals surface area contributed by atoms with E-state index in [1.54, 1.807) is 56.7 Å². The highest BCUT2D eigenvalue weighted by atomic mass is 79.9. The van der Waals surface area contributed by atoms with E-state index in [9.17, 15) is 19.8 Å². The van der Waals surface area contributed by atoms with Crippen LogP contribution >= 0.6 is 15.9 Å². The van der Waals surface area contributed by atoms with Gasteiger partial charge in [-0.1, -0.05) is 40.2 Å². The number of aromatic hydroxyl groups is 1. The number of nitrogens with zero attached hydrogens (tertiary/aromatic N) is 1. The molecule has 0 saturated carbocycles. The molecule has 192 valence electrons. The van der Waals surface area contributed by atoms with Crippen LogP contribution in [0.5, 0.6) is 23.0 Å². The Balaban J connectivity index is 1.78. The van der Waals surface area contributed by atoms with Crippen molar-refractivity contribution in [3.8, 4) is 23.0 Å². The summed E-state index contributed by atoms with van der Waals surface area (Å²) in [4.78, 5) is 27.9. The molecule has 3 aromatic rings. The van der Waals surface area contributed by atoms with Crippen LogP contribution in [0.1, 0.15) is 22.7 Å². The molecule has 1 aliphatic rings. The maximum Gasteiger partial charge on any atom is 0.295 e. The number of benzene rings is 3. The van der Waals surface area contributed by atoms with Crippen LogP contribution in [-0.2, 0) is 16.0 Å². The van der Waals surface area contributed by atoms with E-state index >= 15 is 0 Å². The van der Waals surface area contributed by atoms with Crippen LogP contribution in [0, 0.1) is 0 Å². The molecule has 1 heterocycles. The second kappa shape index (κ2) is 11.0. The Morgan fingerprint density at radius 1 is 0.892 bits per heavy atom. The zero-order valence-corrected chi connectivity index (χ0v) is 22.1. The molecule has 0 spiro atoms. The van der Waals surface area contributed by atoms with Gasteiger partial charge in [0, 0.05) is 16.6 Å². The van der Waals surface area contributed by atoms with Crippen LogP contribution in [-0.4, -0.2) is 54.7 Å². The van der Waals surface area contributed by atoms with Crippen molar-refractivity contribution >= 4 is 33.4 Å². The number of ketones is 1. The van der Waals surface area contributed by atoms with Gasteiger partial charge in [0.1, 0.15) is 5.76 Å². The second-order valence-electron chi connectivity index (χ2n) is 8.37. The number of aliphatic hydroxyl groups is 1. The molecule has 0 aliphatic carbocycles. The summed E-state index contributed by atoms with van der Waals surface area (Å²) < 4.78 is 16.7.